The first-order valence-corrected chi connectivity index (χ1v) is 4.06. The van der Waals surface area contributed by atoms with Crippen LogP contribution in [-0.4, -0.2) is 55.5 Å². The van der Waals surface area contributed by atoms with Gasteiger partial charge >= 0.3 is 6.03 Å². The van der Waals surface area contributed by atoms with Gasteiger partial charge in [-0.25, -0.2) is 4.79 Å². The highest BCUT2D eigenvalue weighted by Crippen LogP contribution is 1.96. The number of morpholine rings is 1. The zero-order chi connectivity index (χ0) is 8.81. The Balaban J connectivity index is 2.20. The fourth-order valence-corrected chi connectivity index (χ4v) is 1.04. The topological polar surface area (TPSA) is 61.8 Å². The van der Waals surface area contributed by atoms with E-state index >= 15 is 0 Å². The molecule has 70 valence electrons. The van der Waals surface area contributed by atoms with E-state index in [1.54, 1.807) is 4.90 Å². The average molecular weight is 174 g/mol. The number of nitrogens with zero attached hydrogens (tertiary/aromatic N) is 1. The molecule has 0 aliphatic carbocycles. The van der Waals surface area contributed by atoms with Gasteiger partial charge in [0, 0.05) is 19.6 Å². The van der Waals surface area contributed by atoms with Crippen molar-refractivity contribution >= 4 is 6.03 Å². The van der Waals surface area contributed by atoms with Crippen LogP contribution in [0.2, 0.25) is 0 Å². The molecule has 1 fully saturated rings. The molecule has 0 atom stereocenters. The van der Waals surface area contributed by atoms with E-state index in [2.05, 4.69) is 5.32 Å². The van der Waals surface area contributed by atoms with Gasteiger partial charge in [0.25, 0.3) is 0 Å². The molecule has 2 N–H and O–H groups in total. The maximum Gasteiger partial charge on any atom is 0.317 e. The number of ether oxygens (including phenoxy) is 1. The maximum absolute atomic E-state index is 11.2. The molecule has 0 bridgehead atoms. The second-order valence-corrected chi connectivity index (χ2v) is 2.55. The molecule has 5 heteroatoms. The summed E-state index contributed by atoms with van der Waals surface area (Å²) in [6.07, 6.45) is 0. The van der Waals surface area contributed by atoms with Crippen LogP contribution in [0, 0.1) is 0 Å². The number of aliphatic hydroxyl groups is 1. The van der Waals surface area contributed by atoms with Crippen LogP contribution in [-0.2, 0) is 4.74 Å². The second-order valence-electron chi connectivity index (χ2n) is 2.55. The molecule has 2 amide bonds. The summed E-state index contributed by atoms with van der Waals surface area (Å²) in [7, 11) is 0. The van der Waals surface area contributed by atoms with E-state index in [1.807, 2.05) is 0 Å². The first-order chi connectivity index (χ1) is 5.84. The molecular formula is C7H14N2O3. The van der Waals surface area contributed by atoms with E-state index < -0.39 is 0 Å². The molecule has 1 heterocycles. The molecule has 0 unspecified atom stereocenters. The van der Waals surface area contributed by atoms with Gasteiger partial charge in [-0.3, -0.25) is 0 Å². The van der Waals surface area contributed by atoms with Gasteiger partial charge in [-0.2, -0.15) is 0 Å². The molecule has 5 nitrogen and oxygen atoms in total. The molecule has 1 rings (SSSR count). The van der Waals surface area contributed by atoms with Crippen LogP contribution in [0.5, 0.6) is 0 Å². The number of hydrogen-bond acceptors (Lipinski definition) is 3. The van der Waals surface area contributed by atoms with E-state index in [4.69, 9.17) is 9.84 Å². The quantitative estimate of drug-likeness (QED) is 0.565. The lowest BCUT2D eigenvalue weighted by Crippen LogP contribution is -2.46. The smallest absolute Gasteiger partial charge is 0.317 e. The monoisotopic (exact) mass is 174 g/mol. The minimum absolute atomic E-state index is 0.0178. The molecule has 0 aromatic rings. The van der Waals surface area contributed by atoms with Gasteiger partial charge in [0.05, 0.1) is 19.8 Å². The Bertz CT molecular complexity index is 146. The SMILES string of the molecule is O=C(NCCO)N1CCOCC1. The minimum Gasteiger partial charge on any atom is -0.395 e. The number of nitrogens with one attached hydrogen (secondary N) is 1. The Hall–Kier alpha value is -0.810. The van der Waals surface area contributed by atoms with Gasteiger partial charge in [0.15, 0.2) is 0 Å². The third-order valence-electron chi connectivity index (χ3n) is 1.69. The zero-order valence-electron chi connectivity index (χ0n) is 6.95. The molecule has 12 heavy (non-hydrogen) atoms. The van der Waals surface area contributed by atoms with Crippen LogP contribution in [0.4, 0.5) is 4.79 Å². The van der Waals surface area contributed by atoms with Gasteiger partial charge in [-0.1, -0.05) is 0 Å². The van der Waals surface area contributed by atoms with Crippen LogP contribution in [0.25, 0.3) is 0 Å². The number of hydrogen-bond donors (Lipinski definition) is 2. The van der Waals surface area contributed by atoms with Crippen molar-refractivity contribution in [3.8, 4) is 0 Å². The van der Waals surface area contributed by atoms with E-state index in [0.717, 1.165) is 0 Å². The summed E-state index contributed by atoms with van der Waals surface area (Å²) >= 11 is 0. The highest BCUT2D eigenvalue weighted by atomic mass is 16.5. The van der Waals surface area contributed by atoms with Crippen LogP contribution < -0.4 is 5.32 Å². The maximum atomic E-state index is 11.2. The van der Waals surface area contributed by atoms with E-state index in [1.165, 1.54) is 0 Å². The number of carbonyl (C=O) groups excluding carboxylic acids is 1. The van der Waals surface area contributed by atoms with Crippen molar-refractivity contribution in [3.63, 3.8) is 0 Å². The largest absolute Gasteiger partial charge is 0.395 e. The fraction of sp³-hybridized carbons (Fsp3) is 0.857. The van der Waals surface area contributed by atoms with E-state index in [0.29, 0.717) is 32.8 Å². The Morgan fingerprint density at radius 1 is 1.50 bits per heavy atom. The Morgan fingerprint density at radius 2 is 2.17 bits per heavy atom. The van der Waals surface area contributed by atoms with Crippen molar-refractivity contribution in [2.75, 3.05) is 39.5 Å². The van der Waals surface area contributed by atoms with Gasteiger partial charge in [0.1, 0.15) is 0 Å². The summed E-state index contributed by atoms with van der Waals surface area (Å²) in [5, 5.41) is 11.0. The van der Waals surface area contributed by atoms with Crippen LogP contribution in [0.3, 0.4) is 0 Å². The lowest BCUT2D eigenvalue weighted by Gasteiger charge is -2.26. The molecule has 0 spiro atoms. The van der Waals surface area contributed by atoms with Crippen LogP contribution >= 0.6 is 0 Å². The Labute approximate surface area is 71.3 Å². The van der Waals surface area contributed by atoms with Gasteiger partial charge in [0.2, 0.25) is 0 Å². The van der Waals surface area contributed by atoms with Crippen molar-refractivity contribution in [2.45, 2.75) is 0 Å². The van der Waals surface area contributed by atoms with Crippen molar-refractivity contribution < 1.29 is 14.6 Å². The zero-order valence-corrected chi connectivity index (χ0v) is 6.95. The summed E-state index contributed by atoms with van der Waals surface area (Å²) in [4.78, 5) is 12.9. The third kappa shape index (κ3) is 2.67. The highest BCUT2D eigenvalue weighted by molar-refractivity contribution is 5.74. The summed E-state index contributed by atoms with van der Waals surface area (Å²) in [6.45, 7) is 2.78. The highest BCUT2D eigenvalue weighted by Gasteiger charge is 2.15. The molecular weight excluding hydrogens is 160 g/mol. The average Bonchev–Trinajstić information content (AvgIpc) is 2.15. The first kappa shape index (κ1) is 9.28. The molecule has 0 aromatic carbocycles. The van der Waals surface area contributed by atoms with Gasteiger partial charge in [-0.05, 0) is 0 Å². The van der Waals surface area contributed by atoms with E-state index in [-0.39, 0.29) is 12.6 Å². The summed E-state index contributed by atoms with van der Waals surface area (Å²) in [5.74, 6) is 0. The summed E-state index contributed by atoms with van der Waals surface area (Å²) < 4.78 is 5.08. The van der Waals surface area contributed by atoms with Crippen molar-refractivity contribution in [2.24, 2.45) is 0 Å². The normalized spacial score (nSPS) is 17.6. The Kier molecular flexibility index (Phi) is 3.83. The number of carbonyl (C=O) groups is 1. The van der Waals surface area contributed by atoms with E-state index in [9.17, 15) is 4.79 Å². The minimum atomic E-state index is -0.118. The molecule has 1 aliphatic rings. The number of amides is 2. The lowest BCUT2D eigenvalue weighted by atomic mass is 10.4. The van der Waals surface area contributed by atoms with Gasteiger partial charge in [-0.15, -0.1) is 0 Å². The molecule has 0 radical (unpaired) electrons. The number of urea groups is 1. The fourth-order valence-electron chi connectivity index (χ4n) is 1.04. The van der Waals surface area contributed by atoms with Crippen molar-refractivity contribution in [1.82, 2.24) is 10.2 Å². The standard InChI is InChI=1S/C7H14N2O3/c10-4-1-8-7(11)9-2-5-12-6-3-9/h10H,1-6H2,(H,8,11). The predicted molar refractivity (Wildman–Crippen MR) is 42.9 cm³/mol. The third-order valence-corrected chi connectivity index (χ3v) is 1.69. The molecule has 1 saturated heterocycles. The molecule has 0 saturated carbocycles. The summed E-state index contributed by atoms with van der Waals surface area (Å²) in [6, 6.07) is -0.118. The van der Waals surface area contributed by atoms with Crippen LogP contribution in [0.1, 0.15) is 0 Å². The predicted octanol–water partition coefficient (Wildman–Crippen LogP) is -0.980. The first-order valence-electron chi connectivity index (χ1n) is 4.06. The lowest BCUT2D eigenvalue weighted by molar-refractivity contribution is 0.0529. The number of rotatable bonds is 2. The van der Waals surface area contributed by atoms with Crippen LogP contribution in [0.15, 0.2) is 0 Å². The number of aliphatic hydroxyl groups excluding tert-OH is 1. The second kappa shape index (κ2) is 4.95. The van der Waals surface area contributed by atoms with Crippen molar-refractivity contribution in [1.29, 1.82) is 0 Å². The molecule has 0 aromatic heterocycles. The molecule has 1 aliphatic heterocycles. The Morgan fingerprint density at radius 3 is 2.75 bits per heavy atom. The van der Waals surface area contributed by atoms with Crippen molar-refractivity contribution in [3.05, 3.63) is 0 Å². The van der Waals surface area contributed by atoms with Gasteiger partial charge < -0.3 is 20.1 Å². The summed E-state index contributed by atoms with van der Waals surface area (Å²) in [5.41, 5.74) is 0.